The summed E-state index contributed by atoms with van der Waals surface area (Å²) in [6.45, 7) is 2.33. The summed E-state index contributed by atoms with van der Waals surface area (Å²) in [4.78, 5) is 0. The second-order valence-electron chi connectivity index (χ2n) is 6.24. The third-order valence-electron chi connectivity index (χ3n) is 5.15. The van der Waals surface area contributed by atoms with E-state index < -0.39 is 0 Å². The molecule has 0 heterocycles. The first-order valence-electron chi connectivity index (χ1n) is 7.67. The van der Waals surface area contributed by atoms with Crippen LogP contribution in [0.15, 0.2) is 60.7 Å². The van der Waals surface area contributed by atoms with E-state index in [0.29, 0.717) is 5.92 Å². The Morgan fingerprint density at radius 2 is 1.43 bits per heavy atom. The molecule has 0 spiro atoms. The monoisotopic (exact) mass is 268 g/mol. The molecule has 1 unspecified atom stereocenters. The van der Waals surface area contributed by atoms with Crippen molar-refractivity contribution in [2.24, 2.45) is 0 Å². The smallest absolute Gasteiger partial charge is 0.00735 e. The lowest BCUT2D eigenvalue weighted by molar-refractivity contribution is 0.956. The van der Waals surface area contributed by atoms with Gasteiger partial charge in [-0.3, -0.25) is 0 Å². The fourth-order valence-electron chi connectivity index (χ4n) is 4.08. The molecule has 3 aromatic rings. The van der Waals surface area contributed by atoms with Crippen LogP contribution in [0.5, 0.6) is 0 Å². The van der Waals surface area contributed by atoms with Crippen LogP contribution in [0.1, 0.15) is 35.1 Å². The lowest BCUT2D eigenvalue weighted by atomic mass is 9.95. The summed E-state index contributed by atoms with van der Waals surface area (Å²) in [6.07, 6.45) is 1.08. The van der Waals surface area contributed by atoms with Gasteiger partial charge in [0.15, 0.2) is 0 Å². The largest absolute Gasteiger partial charge is 0.0619 e. The molecule has 1 atom stereocenters. The van der Waals surface area contributed by atoms with Crippen molar-refractivity contribution in [1.29, 1.82) is 0 Å². The van der Waals surface area contributed by atoms with Crippen molar-refractivity contribution in [2.45, 2.75) is 19.3 Å². The van der Waals surface area contributed by atoms with E-state index >= 15 is 0 Å². The average molecular weight is 268 g/mol. The fourth-order valence-corrected chi connectivity index (χ4v) is 4.08. The highest BCUT2D eigenvalue weighted by Gasteiger charge is 2.28. The lowest BCUT2D eigenvalue weighted by Gasteiger charge is -2.09. The van der Waals surface area contributed by atoms with Crippen molar-refractivity contribution >= 4 is 0 Å². The van der Waals surface area contributed by atoms with Gasteiger partial charge in [-0.2, -0.15) is 0 Å². The standard InChI is InChI=1S/C21H16/c1-13-16-7-4-5-9-18(16)21-11-15-10-14-6-2-3-8-17(14)20(15)12-19(13)21/h2-9,11-13H,10H2,1H3. The first kappa shape index (κ1) is 11.3. The Kier molecular flexibility index (Phi) is 2.08. The zero-order valence-corrected chi connectivity index (χ0v) is 12.1. The molecule has 0 saturated carbocycles. The Morgan fingerprint density at radius 3 is 2.33 bits per heavy atom. The third kappa shape index (κ3) is 1.40. The molecule has 3 aromatic carbocycles. The van der Waals surface area contributed by atoms with Crippen molar-refractivity contribution in [3.05, 3.63) is 82.9 Å². The van der Waals surface area contributed by atoms with E-state index in [1.807, 2.05) is 0 Å². The first-order chi connectivity index (χ1) is 10.3. The minimum Gasteiger partial charge on any atom is -0.0619 e. The molecule has 0 saturated heterocycles. The van der Waals surface area contributed by atoms with Gasteiger partial charge in [0.25, 0.3) is 0 Å². The van der Waals surface area contributed by atoms with Crippen molar-refractivity contribution in [3.8, 4) is 22.3 Å². The Morgan fingerprint density at radius 1 is 0.667 bits per heavy atom. The lowest BCUT2D eigenvalue weighted by Crippen LogP contribution is -1.90. The van der Waals surface area contributed by atoms with Crippen molar-refractivity contribution in [2.75, 3.05) is 0 Å². The Hall–Kier alpha value is -2.34. The van der Waals surface area contributed by atoms with Crippen LogP contribution in [0.2, 0.25) is 0 Å². The van der Waals surface area contributed by atoms with Gasteiger partial charge in [0.05, 0.1) is 0 Å². The second-order valence-corrected chi connectivity index (χ2v) is 6.24. The second kappa shape index (κ2) is 3.85. The quantitative estimate of drug-likeness (QED) is 0.401. The summed E-state index contributed by atoms with van der Waals surface area (Å²) < 4.78 is 0. The zero-order chi connectivity index (χ0) is 14.0. The van der Waals surface area contributed by atoms with E-state index in [-0.39, 0.29) is 0 Å². The van der Waals surface area contributed by atoms with Crippen LogP contribution in [-0.2, 0) is 6.42 Å². The van der Waals surface area contributed by atoms with Crippen molar-refractivity contribution < 1.29 is 0 Å². The molecule has 21 heavy (non-hydrogen) atoms. The van der Waals surface area contributed by atoms with Crippen LogP contribution in [0, 0.1) is 0 Å². The molecular formula is C21H16. The van der Waals surface area contributed by atoms with E-state index in [2.05, 4.69) is 67.6 Å². The van der Waals surface area contributed by atoms with Crippen molar-refractivity contribution in [3.63, 3.8) is 0 Å². The van der Waals surface area contributed by atoms with E-state index in [1.54, 1.807) is 0 Å². The summed E-state index contributed by atoms with van der Waals surface area (Å²) >= 11 is 0. The summed E-state index contributed by atoms with van der Waals surface area (Å²) in [5.41, 5.74) is 11.7. The van der Waals surface area contributed by atoms with E-state index in [4.69, 9.17) is 0 Å². The molecule has 2 aliphatic rings. The molecule has 2 aliphatic carbocycles. The van der Waals surface area contributed by atoms with Gasteiger partial charge in [-0.1, -0.05) is 55.5 Å². The highest BCUT2D eigenvalue weighted by Crippen LogP contribution is 2.48. The summed E-state index contributed by atoms with van der Waals surface area (Å²) in [6, 6.07) is 22.6. The van der Waals surface area contributed by atoms with Crippen LogP contribution in [0.25, 0.3) is 22.3 Å². The number of fused-ring (bicyclic) bond motifs is 6. The molecule has 0 radical (unpaired) electrons. The fraction of sp³-hybridized carbons (Fsp3) is 0.143. The number of benzene rings is 3. The SMILES string of the molecule is CC1c2ccccc2-c2cc3c(cc21)-c1ccccc1C3. The third-order valence-corrected chi connectivity index (χ3v) is 5.15. The van der Waals surface area contributed by atoms with Gasteiger partial charge < -0.3 is 0 Å². The van der Waals surface area contributed by atoms with Crippen LogP contribution < -0.4 is 0 Å². The predicted octanol–water partition coefficient (Wildman–Crippen LogP) is 5.39. The normalized spacial score (nSPS) is 17.1. The Bertz CT molecular complexity index is 886. The highest BCUT2D eigenvalue weighted by atomic mass is 14.3. The Balaban J connectivity index is 1.79. The minimum absolute atomic E-state index is 0.509. The van der Waals surface area contributed by atoms with Gasteiger partial charge in [-0.05, 0) is 63.1 Å². The summed E-state index contributed by atoms with van der Waals surface area (Å²) in [5, 5.41) is 0. The topological polar surface area (TPSA) is 0 Å². The molecule has 0 aliphatic heterocycles. The Labute approximate surface area is 125 Å². The van der Waals surface area contributed by atoms with Crippen LogP contribution in [0.3, 0.4) is 0 Å². The zero-order valence-electron chi connectivity index (χ0n) is 12.1. The molecule has 0 amide bonds. The summed E-state index contributed by atoms with van der Waals surface area (Å²) in [5.74, 6) is 0.509. The molecule has 5 rings (SSSR count). The molecule has 0 heteroatoms. The average Bonchev–Trinajstić information content (AvgIpc) is 3.02. The van der Waals surface area contributed by atoms with E-state index in [1.165, 1.54) is 44.5 Å². The molecule has 0 aromatic heterocycles. The predicted molar refractivity (Wildman–Crippen MR) is 87.6 cm³/mol. The molecular weight excluding hydrogens is 252 g/mol. The van der Waals surface area contributed by atoms with Crippen molar-refractivity contribution in [1.82, 2.24) is 0 Å². The van der Waals surface area contributed by atoms with Crippen LogP contribution in [0.4, 0.5) is 0 Å². The number of hydrogen-bond donors (Lipinski definition) is 0. The van der Waals surface area contributed by atoms with E-state index in [9.17, 15) is 0 Å². The summed E-state index contributed by atoms with van der Waals surface area (Å²) in [7, 11) is 0. The van der Waals surface area contributed by atoms with Gasteiger partial charge in [0.2, 0.25) is 0 Å². The molecule has 0 fully saturated rings. The first-order valence-corrected chi connectivity index (χ1v) is 7.67. The van der Waals surface area contributed by atoms with Gasteiger partial charge in [-0.15, -0.1) is 0 Å². The maximum atomic E-state index is 2.45. The molecule has 100 valence electrons. The number of hydrogen-bond acceptors (Lipinski definition) is 0. The minimum atomic E-state index is 0.509. The van der Waals surface area contributed by atoms with Crippen LogP contribution in [-0.4, -0.2) is 0 Å². The van der Waals surface area contributed by atoms with Gasteiger partial charge in [0.1, 0.15) is 0 Å². The van der Waals surface area contributed by atoms with Gasteiger partial charge in [-0.25, -0.2) is 0 Å². The van der Waals surface area contributed by atoms with E-state index in [0.717, 1.165) is 6.42 Å². The van der Waals surface area contributed by atoms with Gasteiger partial charge in [0, 0.05) is 5.92 Å². The molecule has 0 N–H and O–H groups in total. The molecule has 0 nitrogen and oxygen atoms in total. The molecule has 0 bridgehead atoms. The van der Waals surface area contributed by atoms with Gasteiger partial charge >= 0.3 is 0 Å². The highest BCUT2D eigenvalue weighted by molar-refractivity contribution is 5.86. The number of rotatable bonds is 0. The maximum absolute atomic E-state index is 2.45. The maximum Gasteiger partial charge on any atom is 0.00735 e. The van der Waals surface area contributed by atoms with Crippen LogP contribution >= 0.6 is 0 Å².